The van der Waals surface area contributed by atoms with E-state index in [0.29, 0.717) is 11.7 Å². The van der Waals surface area contributed by atoms with Crippen molar-refractivity contribution in [1.82, 2.24) is 0 Å². The van der Waals surface area contributed by atoms with Gasteiger partial charge in [-0.15, -0.1) is 0 Å². The number of amidine groups is 2. The number of nitrogens with zero attached hydrogens (tertiary/aromatic N) is 3. The Kier molecular flexibility index (Phi) is 6.50. The van der Waals surface area contributed by atoms with Crippen molar-refractivity contribution in [3.63, 3.8) is 0 Å². The first-order valence-corrected chi connectivity index (χ1v) is 15.3. The second-order valence-electron chi connectivity index (χ2n) is 10.7. The Morgan fingerprint density at radius 2 is 1.26 bits per heavy atom. The average Bonchev–Trinajstić information content (AvgIpc) is 3.54. The molecule has 0 saturated carbocycles. The first-order valence-electron chi connectivity index (χ1n) is 14.4. The van der Waals surface area contributed by atoms with Gasteiger partial charge in [0, 0.05) is 10.3 Å². The molecule has 0 fully saturated rings. The smallest absolute Gasteiger partial charge is 0.103 e. The van der Waals surface area contributed by atoms with Gasteiger partial charge >= 0.3 is 0 Å². The number of anilines is 1. The monoisotopic (exact) mass is 571 g/mol. The van der Waals surface area contributed by atoms with Gasteiger partial charge in [0.2, 0.25) is 0 Å². The fourth-order valence-electron chi connectivity index (χ4n) is 5.70. The molecule has 0 bridgehead atoms. The summed E-state index contributed by atoms with van der Waals surface area (Å²) in [7, 11) is 0. The normalized spacial score (nSPS) is 17.4. The van der Waals surface area contributed by atoms with Crippen LogP contribution >= 0.6 is 11.8 Å². The standard InChI is InChI=1S/C38H27N4S/c1-4-11-25(12-5-1)35-40-36(26-13-6-2-7-14-26)42-37(41-35)31-18-10-17-28(24-31)29-19-21-32-30(23-29)20-22-33-34(32)39-38(43-33)27-15-8-3-9-16-27/h1-24,35,38-39H/q-1. The maximum Gasteiger partial charge on any atom is 0.103 e. The maximum absolute atomic E-state index is 5.01. The predicted molar refractivity (Wildman–Crippen MR) is 180 cm³/mol. The molecule has 43 heavy (non-hydrogen) atoms. The fraction of sp³-hybridized carbons (Fsp3) is 0.0526. The molecule has 8 rings (SSSR count). The van der Waals surface area contributed by atoms with Crippen LogP contribution in [0.15, 0.2) is 160 Å². The van der Waals surface area contributed by atoms with Gasteiger partial charge in [-0.05, 0) is 57.0 Å². The summed E-state index contributed by atoms with van der Waals surface area (Å²) < 4.78 is 0. The Morgan fingerprint density at radius 1 is 0.581 bits per heavy atom. The largest absolute Gasteiger partial charge is 0.438 e. The summed E-state index contributed by atoms with van der Waals surface area (Å²) >= 11 is 1.88. The van der Waals surface area contributed by atoms with Crippen molar-refractivity contribution in [3.8, 4) is 11.1 Å². The molecule has 4 nitrogen and oxygen atoms in total. The molecular formula is C38H27N4S-. The van der Waals surface area contributed by atoms with E-state index in [1.165, 1.54) is 26.9 Å². The van der Waals surface area contributed by atoms with Crippen LogP contribution in [0.2, 0.25) is 0 Å². The van der Waals surface area contributed by atoms with Gasteiger partial charge in [-0.1, -0.05) is 145 Å². The van der Waals surface area contributed by atoms with Crippen molar-refractivity contribution in [3.05, 3.63) is 173 Å². The molecule has 1 N–H and O–H groups in total. The van der Waals surface area contributed by atoms with E-state index in [9.17, 15) is 0 Å². The molecule has 6 aromatic rings. The van der Waals surface area contributed by atoms with Crippen LogP contribution in [0.5, 0.6) is 0 Å². The van der Waals surface area contributed by atoms with E-state index in [-0.39, 0.29) is 11.5 Å². The van der Waals surface area contributed by atoms with Crippen molar-refractivity contribution in [1.29, 1.82) is 0 Å². The summed E-state index contributed by atoms with van der Waals surface area (Å²) in [6, 6.07) is 50.7. The van der Waals surface area contributed by atoms with Gasteiger partial charge < -0.3 is 15.6 Å². The SMILES string of the molecule is c1ccc(C2=NC(c3ccccc3)[N-]C(c3cccc(-c4ccc5c6c(ccc5c4)SC(c4ccccc4)N6)c3)=N2)cc1. The molecule has 0 amide bonds. The third-order valence-electron chi connectivity index (χ3n) is 7.89. The van der Waals surface area contributed by atoms with E-state index >= 15 is 0 Å². The third kappa shape index (κ3) is 4.98. The zero-order chi connectivity index (χ0) is 28.6. The highest BCUT2D eigenvalue weighted by Crippen LogP contribution is 2.49. The Bertz CT molecular complexity index is 2000. The van der Waals surface area contributed by atoms with E-state index in [1.807, 2.05) is 60.3 Å². The number of nitrogens with one attached hydrogen (secondary N) is 1. The number of rotatable bonds is 5. The van der Waals surface area contributed by atoms with Crippen LogP contribution in [0.3, 0.4) is 0 Å². The average molecular weight is 572 g/mol. The van der Waals surface area contributed by atoms with Gasteiger partial charge in [-0.2, -0.15) is 0 Å². The van der Waals surface area contributed by atoms with E-state index in [2.05, 4.69) is 102 Å². The summed E-state index contributed by atoms with van der Waals surface area (Å²) in [6.07, 6.45) is -0.347. The molecule has 206 valence electrons. The van der Waals surface area contributed by atoms with Gasteiger partial charge in [0.1, 0.15) is 5.37 Å². The molecule has 0 aromatic heterocycles. The lowest BCUT2D eigenvalue weighted by Gasteiger charge is -2.32. The van der Waals surface area contributed by atoms with Crippen LogP contribution in [0.1, 0.15) is 33.8 Å². The first-order chi connectivity index (χ1) is 21.3. The Balaban J connectivity index is 1.13. The molecule has 0 aliphatic carbocycles. The Hall–Kier alpha value is -5.13. The first kappa shape index (κ1) is 25.6. The fourth-order valence-corrected chi connectivity index (χ4v) is 6.86. The number of thioether (sulfide) groups is 1. The van der Waals surface area contributed by atoms with Crippen LogP contribution in [0.4, 0.5) is 5.69 Å². The molecular weight excluding hydrogens is 545 g/mol. The van der Waals surface area contributed by atoms with Gasteiger partial charge in [-0.25, -0.2) is 0 Å². The molecule has 0 radical (unpaired) electrons. The lowest BCUT2D eigenvalue weighted by molar-refractivity contribution is 0.878. The number of hydrogen-bond donors (Lipinski definition) is 1. The number of benzene rings is 6. The highest BCUT2D eigenvalue weighted by atomic mass is 32.2. The topological polar surface area (TPSA) is 50.9 Å². The zero-order valence-electron chi connectivity index (χ0n) is 23.3. The molecule has 2 atom stereocenters. The van der Waals surface area contributed by atoms with E-state index < -0.39 is 0 Å². The number of hydrogen-bond acceptors (Lipinski definition) is 4. The maximum atomic E-state index is 5.01. The van der Waals surface area contributed by atoms with Crippen LogP contribution < -0.4 is 5.32 Å². The molecule has 6 aromatic carbocycles. The van der Waals surface area contributed by atoms with Crippen molar-refractivity contribution in [2.24, 2.45) is 9.98 Å². The molecule has 2 unspecified atom stereocenters. The lowest BCUT2D eigenvalue weighted by atomic mass is 9.98. The predicted octanol–water partition coefficient (Wildman–Crippen LogP) is 10.0. The Labute approximate surface area is 255 Å². The highest BCUT2D eigenvalue weighted by Gasteiger charge is 2.24. The summed E-state index contributed by atoms with van der Waals surface area (Å²) in [5, 5.41) is 11.4. The van der Waals surface area contributed by atoms with Crippen LogP contribution in [0.25, 0.3) is 27.2 Å². The minimum Gasteiger partial charge on any atom is -0.438 e. The number of aliphatic imine (C=N–C) groups is 2. The lowest BCUT2D eigenvalue weighted by Crippen LogP contribution is -2.15. The second kappa shape index (κ2) is 10.9. The summed E-state index contributed by atoms with van der Waals surface area (Å²) in [4.78, 5) is 11.2. The van der Waals surface area contributed by atoms with Gasteiger partial charge in [0.25, 0.3) is 0 Å². The minimum absolute atomic E-state index is 0.224. The molecule has 2 aliphatic rings. The van der Waals surface area contributed by atoms with E-state index in [4.69, 9.17) is 15.3 Å². The second-order valence-corrected chi connectivity index (χ2v) is 11.8. The van der Waals surface area contributed by atoms with Crippen molar-refractivity contribution in [2.45, 2.75) is 16.4 Å². The molecule has 2 heterocycles. The van der Waals surface area contributed by atoms with Gasteiger partial charge in [0.15, 0.2) is 0 Å². The zero-order valence-corrected chi connectivity index (χ0v) is 24.1. The van der Waals surface area contributed by atoms with Crippen LogP contribution in [0, 0.1) is 0 Å². The van der Waals surface area contributed by atoms with E-state index in [1.54, 1.807) is 0 Å². The van der Waals surface area contributed by atoms with Crippen LogP contribution in [-0.4, -0.2) is 11.7 Å². The molecule has 0 spiro atoms. The summed E-state index contributed by atoms with van der Waals surface area (Å²) in [5.74, 6) is 1.39. The minimum atomic E-state index is -0.347. The quantitative estimate of drug-likeness (QED) is 0.224. The van der Waals surface area contributed by atoms with Crippen molar-refractivity contribution in [2.75, 3.05) is 5.32 Å². The van der Waals surface area contributed by atoms with Crippen LogP contribution in [-0.2, 0) is 0 Å². The molecule has 0 saturated heterocycles. The van der Waals surface area contributed by atoms with Crippen molar-refractivity contribution >= 4 is 39.9 Å². The molecule has 2 aliphatic heterocycles. The Morgan fingerprint density at radius 3 is 2.05 bits per heavy atom. The third-order valence-corrected chi connectivity index (χ3v) is 9.11. The summed E-state index contributed by atoms with van der Waals surface area (Å²) in [6.45, 7) is 0. The molecule has 5 heteroatoms. The van der Waals surface area contributed by atoms with Gasteiger partial charge in [-0.3, -0.25) is 4.99 Å². The summed E-state index contributed by atoms with van der Waals surface area (Å²) in [5.41, 5.74) is 7.79. The van der Waals surface area contributed by atoms with Crippen molar-refractivity contribution < 1.29 is 0 Å². The highest BCUT2D eigenvalue weighted by molar-refractivity contribution is 8.00. The number of fused-ring (bicyclic) bond motifs is 3. The van der Waals surface area contributed by atoms with E-state index in [0.717, 1.165) is 27.8 Å². The van der Waals surface area contributed by atoms with Gasteiger partial charge in [0.05, 0.1) is 17.7 Å².